The number of carboxylic acids is 1. The number of carbonyl (C=O) groups is 1. The minimum absolute atomic E-state index is 0.419. The first-order chi connectivity index (χ1) is 7.95. The van der Waals surface area contributed by atoms with Crippen molar-refractivity contribution in [2.75, 3.05) is 17.6 Å². The number of rotatable bonds is 6. The van der Waals surface area contributed by atoms with Gasteiger partial charge in [0.2, 0.25) is 0 Å². The van der Waals surface area contributed by atoms with E-state index >= 15 is 0 Å². The van der Waals surface area contributed by atoms with Crippen LogP contribution >= 0.6 is 11.8 Å². The van der Waals surface area contributed by atoms with Crippen LogP contribution < -0.4 is 5.32 Å². The lowest BCUT2D eigenvalue weighted by Crippen LogP contribution is -2.31. The monoisotopic (exact) mass is 253 g/mol. The lowest BCUT2D eigenvalue weighted by Gasteiger charge is -2.20. The first-order valence-electron chi connectivity index (χ1n) is 5.66. The second-order valence-corrected chi connectivity index (χ2v) is 5.84. The fraction of sp³-hybridized carbons (Fsp3) is 0.462. The Bertz CT molecular complexity index is 374. The Morgan fingerprint density at radius 2 is 1.94 bits per heavy atom. The molecule has 94 valence electrons. The molecule has 4 heteroatoms. The van der Waals surface area contributed by atoms with Gasteiger partial charge in [-0.3, -0.25) is 4.79 Å². The molecule has 0 amide bonds. The highest BCUT2D eigenvalue weighted by Crippen LogP contribution is 2.21. The zero-order valence-corrected chi connectivity index (χ0v) is 11.3. The molecule has 0 heterocycles. The van der Waals surface area contributed by atoms with Crippen molar-refractivity contribution in [3.8, 4) is 0 Å². The van der Waals surface area contributed by atoms with Crippen LogP contribution in [0.2, 0.25) is 0 Å². The van der Waals surface area contributed by atoms with Crippen LogP contribution in [0.25, 0.3) is 0 Å². The predicted octanol–water partition coefficient (Wildman–Crippen LogP) is 3.32. The molecule has 1 aromatic rings. The van der Waals surface area contributed by atoms with Crippen molar-refractivity contribution in [1.29, 1.82) is 0 Å². The first-order valence-corrected chi connectivity index (χ1v) is 6.64. The third-order valence-corrected chi connectivity index (χ3v) is 3.37. The highest BCUT2D eigenvalue weighted by molar-refractivity contribution is 7.99. The van der Waals surface area contributed by atoms with E-state index in [-0.39, 0.29) is 0 Å². The Kier molecular flexibility index (Phi) is 4.87. The van der Waals surface area contributed by atoms with Crippen molar-refractivity contribution in [3.63, 3.8) is 0 Å². The van der Waals surface area contributed by atoms with Crippen LogP contribution in [0.1, 0.15) is 20.8 Å². The largest absolute Gasteiger partial charge is 0.481 e. The van der Waals surface area contributed by atoms with E-state index in [0.717, 1.165) is 11.4 Å². The SMILES string of the molecule is CCSc1ccc(NCC(C)(C)C(=O)O)cc1. The lowest BCUT2D eigenvalue weighted by molar-refractivity contribution is -0.146. The number of nitrogens with one attached hydrogen (secondary N) is 1. The normalized spacial score (nSPS) is 11.2. The quantitative estimate of drug-likeness (QED) is 0.764. The summed E-state index contributed by atoms with van der Waals surface area (Å²) in [5.41, 5.74) is 0.205. The number of thioether (sulfide) groups is 1. The van der Waals surface area contributed by atoms with Crippen molar-refractivity contribution in [1.82, 2.24) is 0 Å². The molecule has 0 aliphatic carbocycles. The van der Waals surface area contributed by atoms with Gasteiger partial charge < -0.3 is 10.4 Å². The van der Waals surface area contributed by atoms with E-state index in [0.29, 0.717) is 6.54 Å². The summed E-state index contributed by atoms with van der Waals surface area (Å²) < 4.78 is 0. The maximum atomic E-state index is 10.9. The molecule has 17 heavy (non-hydrogen) atoms. The van der Waals surface area contributed by atoms with Crippen LogP contribution in [0, 0.1) is 5.41 Å². The van der Waals surface area contributed by atoms with E-state index in [2.05, 4.69) is 12.2 Å². The van der Waals surface area contributed by atoms with Gasteiger partial charge in [0, 0.05) is 17.1 Å². The minimum Gasteiger partial charge on any atom is -0.481 e. The van der Waals surface area contributed by atoms with Gasteiger partial charge in [-0.15, -0.1) is 11.8 Å². The fourth-order valence-electron chi connectivity index (χ4n) is 1.23. The van der Waals surface area contributed by atoms with Gasteiger partial charge in [0.05, 0.1) is 5.41 Å². The summed E-state index contributed by atoms with van der Waals surface area (Å²) >= 11 is 1.79. The molecule has 0 saturated heterocycles. The van der Waals surface area contributed by atoms with Crippen LogP contribution in [0.15, 0.2) is 29.2 Å². The van der Waals surface area contributed by atoms with Crippen molar-refractivity contribution in [2.24, 2.45) is 5.41 Å². The number of hydrogen-bond donors (Lipinski definition) is 2. The van der Waals surface area contributed by atoms with Gasteiger partial charge in [0.1, 0.15) is 0 Å². The Morgan fingerprint density at radius 3 is 2.41 bits per heavy atom. The van der Waals surface area contributed by atoms with Crippen molar-refractivity contribution in [2.45, 2.75) is 25.7 Å². The van der Waals surface area contributed by atoms with Crippen molar-refractivity contribution in [3.05, 3.63) is 24.3 Å². The topological polar surface area (TPSA) is 49.3 Å². The van der Waals surface area contributed by atoms with Gasteiger partial charge in [0.25, 0.3) is 0 Å². The molecular weight excluding hydrogens is 234 g/mol. The summed E-state index contributed by atoms with van der Waals surface area (Å²) in [6, 6.07) is 8.06. The standard InChI is InChI=1S/C13H19NO2S/c1-4-17-11-7-5-10(6-8-11)14-9-13(2,3)12(15)16/h5-8,14H,4,9H2,1-3H3,(H,15,16). The van der Waals surface area contributed by atoms with E-state index in [1.165, 1.54) is 4.90 Å². The molecule has 0 aliphatic rings. The Morgan fingerprint density at radius 1 is 1.35 bits per heavy atom. The summed E-state index contributed by atoms with van der Waals surface area (Å²) in [6.45, 7) is 5.96. The lowest BCUT2D eigenvalue weighted by atomic mass is 9.94. The molecule has 0 saturated carbocycles. The summed E-state index contributed by atoms with van der Waals surface area (Å²) in [7, 11) is 0. The van der Waals surface area contributed by atoms with E-state index in [1.807, 2.05) is 24.3 Å². The van der Waals surface area contributed by atoms with Gasteiger partial charge in [-0.25, -0.2) is 0 Å². The molecule has 0 spiro atoms. The number of benzene rings is 1. The highest BCUT2D eigenvalue weighted by Gasteiger charge is 2.26. The zero-order chi connectivity index (χ0) is 12.9. The summed E-state index contributed by atoms with van der Waals surface area (Å²) in [5, 5.41) is 12.1. The molecule has 0 fully saturated rings. The molecule has 2 N–H and O–H groups in total. The number of aliphatic carboxylic acids is 1. The Labute approximate surface area is 107 Å². The maximum Gasteiger partial charge on any atom is 0.310 e. The van der Waals surface area contributed by atoms with Gasteiger partial charge >= 0.3 is 5.97 Å². The van der Waals surface area contributed by atoms with Crippen LogP contribution in [0.5, 0.6) is 0 Å². The number of carboxylic acid groups (broad SMARTS) is 1. The fourth-order valence-corrected chi connectivity index (χ4v) is 1.90. The summed E-state index contributed by atoms with van der Waals surface area (Å²) in [4.78, 5) is 12.2. The Hall–Kier alpha value is -1.16. The van der Waals surface area contributed by atoms with E-state index in [1.54, 1.807) is 25.6 Å². The third-order valence-electron chi connectivity index (χ3n) is 2.48. The van der Waals surface area contributed by atoms with Crippen molar-refractivity contribution < 1.29 is 9.90 Å². The van der Waals surface area contributed by atoms with Gasteiger partial charge in [-0.2, -0.15) is 0 Å². The highest BCUT2D eigenvalue weighted by atomic mass is 32.2. The average Bonchev–Trinajstić information content (AvgIpc) is 2.28. The van der Waals surface area contributed by atoms with Crippen LogP contribution in [0.4, 0.5) is 5.69 Å². The second-order valence-electron chi connectivity index (χ2n) is 4.50. The van der Waals surface area contributed by atoms with Gasteiger partial charge in [-0.1, -0.05) is 6.92 Å². The Balaban J connectivity index is 2.55. The maximum absolute atomic E-state index is 10.9. The third kappa shape index (κ3) is 4.30. The molecular formula is C13H19NO2S. The van der Waals surface area contributed by atoms with Gasteiger partial charge in [-0.05, 0) is 43.9 Å². The van der Waals surface area contributed by atoms with E-state index in [4.69, 9.17) is 5.11 Å². The predicted molar refractivity (Wildman–Crippen MR) is 72.7 cm³/mol. The zero-order valence-electron chi connectivity index (χ0n) is 10.5. The van der Waals surface area contributed by atoms with Crippen LogP contribution in [0.3, 0.4) is 0 Å². The van der Waals surface area contributed by atoms with E-state index in [9.17, 15) is 4.79 Å². The molecule has 1 aromatic carbocycles. The summed E-state index contributed by atoms with van der Waals surface area (Å²) in [5.74, 6) is 0.266. The van der Waals surface area contributed by atoms with E-state index < -0.39 is 11.4 Å². The number of anilines is 1. The first kappa shape index (κ1) is 13.9. The minimum atomic E-state index is -0.789. The van der Waals surface area contributed by atoms with Crippen LogP contribution in [-0.4, -0.2) is 23.4 Å². The smallest absolute Gasteiger partial charge is 0.310 e. The molecule has 0 bridgehead atoms. The average molecular weight is 253 g/mol. The molecule has 1 rings (SSSR count). The molecule has 0 radical (unpaired) electrons. The molecule has 0 unspecified atom stereocenters. The number of hydrogen-bond acceptors (Lipinski definition) is 3. The molecule has 3 nitrogen and oxygen atoms in total. The van der Waals surface area contributed by atoms with Gasteiger partial charge in [0.15, 0.2) is 0 Å². The van der Waals surface area contributed by atoms with Crippen molar-refractivity contribution >= 4 is 23.4 Å². The second kappa shape index (κ2) is 5.96. The molecule has 0 aromatic heterocycles. The van der Waals surface area contributed by atoms with Crippen LogP contribution in [-0.2, 0) is 4.79 Å². The molecule has 0 aliphatic heterocycles. The molecule has 0 atom stereocenters. The summed E-state index contributed by atoms with van der Waals surface area (Å²) in [6.07, 6.45) is 0.